The molecule has 6 nitrogen and oxygen atoms in total. The van der Waals surface area contributed by atoms with Gasteiger partial charge in [0.1, 0.15) is 5.82 Å². The molecule has 132 valence electrons. The maximum atomic E-state index is 13.1. The lowest BCUT2D eigenvalue weighted by Gasteiger charge is -2.34. The summed E-state index contributed by atoms with van der Waals surface area (Å²) in [6.07, 6.45) is 1.81. The number of halogens is 1. The molecule has 0 bridgehead atoms. The SMILES string of the molecule is O=C(CCN1CCN(C(=O)c2ccco2)CC1)Nc1cccc(F)c1. The Bertz CT molecular complexity index is 725. The number of nitrogens with one attached hydrogen (secondary N) is 1. The van der Waals surface area contributed by atoms with Crippen LogP contribution in [0.25, 0.3) is 0 Å². The van der Waals surface area contributed by atoms with Crippen LogP contribution in [0.4, 0.5) is 10.1 Å². The van der Waals surface area contributed by atoms with Crippen molar-refractivity contribution in [1.29, 1.82) is 0 Å². The number of hydrogen-bond donors (Lipinski definition) is 1. The molecule has 1 saturated heterocycles. The van der Waals surface area contributed by atoms with E-state index in [0.29, 0.717) is 50.6 Å². The van der Waals surface area contributed by atoms with Crippen molar-refractivity contribution in [2.75, 3.05) is 38.0 Å². The van der Waals surface area contributed by atoms with Gasteiger partial charge >= 0.3 is 0 Å². The van der Waals surface area contributed by atoms with Gasteiger partial charge in [0.05, 0.1) is 6.26 Å². The largest absolute Gasteiger partial charge is 0.459 e. The highest BCUT2D eigenvalue weighted by Crippen LogP contribution is 2.11. The Morgan fingerprint density at radius 1 is 1.12 bits per heavy atom. The second-order valence-corrected chi connectivity index (χ2v) is 5.92. The Balaban J connectivity index is 1.40. The fraction of sp³-hybridized carbons (Fsp3) is 0.333. The van der Waals surface area contributed by atoms with E-state index in [1.165, 1.54) is 18.4 Å². The van der Waals surface area contributed by atoms with Gasteiger partial charge in [-0.25, -0.2) is 4.39 Å². The minimum atomic E-state index is -0.379. The number of furan rings is 1. The first-order chi connectivity index (χ1) is 12.1. The van der Waals surface area contributed by atoms with E-state index >= 15 is 0 Å². The van der Waals surface area contributed by atoms with Gasteiger partial charge in [0.2, 0.25) is 5.91 Å². The molecule has 2 aromatic rings. The van der Waals surface area contributed by atoms with E-state index in [1.54, 1.807) is 29.2 Å². The van der Waals surface area contributed by atoms with E-state index in [1.807, 2.05) is 0 Å². The zero-order valence-electron chi connectivity index (χ0n) is 13.8. The highest BCUT2D eigenvalue weighted by molar-refractivity contribution is 5.91. The van der Waals surface area contributed by atoms with Gasteiger partial charge in [0.25, 0.3) is 5.91 Å². The van der Waals surface area contributed by atoms with E-state index in [0.717, 1.165) is 0 Å². The van der Waals surface area contributed by atoms with Crippen molar-refractivity contribution >= 4 is 17.5 Å². The summed E-state index contributed by atoms with van der Waals surface area (Å²) in [6, 6.07) is 9.18. The van der Waals surface area contributed by atoms with Crippen LogP contribution in [0.15, 0.2) is 47.1 Å². The van der Waals surface area contributed by atoms with Crippen molar-refractivity contribution in [2.24, 2.45) is 0 Å². The molecular formula is C18H20FN3O3. The van der Waals surface area contributed by atoms with Crippen LogP contribution >= 0.6 is 0 Å². The smallest absolute Gasteiger partial charge is 0.289 e. The highest BCUT2D eigenvalue weighted by atomic mass is 19.1. The molecule has 2 amide bonds. The molecular weight excluding hydrogens is 325 g/mol. The average Bonchev–Trinajstić information content (AvgIpc) is 3.14. The van der Waals surface area contributed by atoms with Crippen LogP contribution in [0.2, 0.25) is 0 Å². The molecule has 0 unspecified atom stereocenters. The fourth-order valence-electron chi connectivity index (χ4n) is 2.78. The highest BCUT2D eigenvalue weighted by Gasteiger charge is 2.23. The molecule has 1 fully saturated rings. The maximum Gasteiger partial charge on any atom is 0.289 e. The first-order valence-electron chi connectivity index (χ1n) is 8.22. The van der Waals surface area contributed by atoms with Crippen molar-refractivity contribution in [3.8, 4) is 0 Å². The molecule has 0 spiro atoms. The number of rotatable bonds is 5. The Hall–Kier alpha value is -2.67. The molecule has 0 saturated carbocycles. The third kappa shape index (κ3) is 4.67. The minimum absolute atomic E-state index is 0.103. The summed E-state index contributed by atoms with van der Waals surface area (Å²) < 4.78 is 18.2. The first kappa shape index (κ1) is 17.2. The molecule has 2 heterocycles. The Labute approximate surface area is 145 Å². The first-order valence-corrected chi connectivity index (χ1v) is 8.22. The molecule has 1 aliphatic rings. The topological polar surface area (TPSA) is 65.8 Å². The molecule has 0 atom stereocenters. The van der Waals surface area contributed by atoms with Gasteiger partial charge in [-0.3, -0.25) is 14.5 Å². The van der Waals surface area contributed by atoms with Gasteiger partial charge in [-0.2, -0.15) is 0 Å². The van der Waals surface area contributed by atoms with Crippen LogP contribution in [0.5, 0.6) is 0 Å². The number of piperazine rings is 1. The van der Waals surface area contributed by atoms with Crippen molar-refractivity contribution in [3.05, 3.63) is 54.2 Å². The van der Waals surface area contributed by atoms with Crippen LogP contribution in [-0.2, 0) is 4.79 Å². The average molecular weight is 345 g/mol. The van der Waals surface area contributed by atoms with Gasteiger partial charge in [0.15, 0.2) is 5.76 Å². The molecule has 0 aliphatic carbocycles. The fourth-order valence-corrected chi connectivity index (χ4v) is 2.78. The van der Waals surface area contributed by atoms with E-state index < -0.39 is 0 Å². The van der Waals surface area contributed by atoms with Gasteiger partial charge in [-0.05, 0) is 30.3 Å². The molecule has 1 aromatic carbocycles. The molecule has 7 heteroatoms. The normalized spacial score (nSPS) is 15.2. The van der Waals surface area contributed by atoms with Crippen molar-refractivity contribution in [1.82, 2.24) is 9.80 Å². The molecule has 25 heavy (non-hydrogen) atoms. The lowest BCUT2D eigenvalue weighted by Crippen LogP contribution is -2.49. The Kier molecular flexibility index (Phi) is 5.45. The lowest BCUT2D eigenvalue weighted by atomic mass is 10.2. The van der Waals surface area contributed by atoms with Crippen molar-refractivity contribution < 1.29 is 18.4 Å². The second kappa shape index (κ2) is 7.94. The van der Waals surface area contributed by atoms with Crippen LogP contribution in [-0.4, -0.2) is 54.3 Å². The van der Waals surface area contributed by atoms with Crippen LogP contribution in [0, 0.1) is 5.82 Å². The monoisotopic (exact) mass is 345 g/mol. The van der Waals surface area contributed by atoms with E-state index in [-0.39, 0.29) is 17.6 Å². The summed E-state index contributed by atoms with van der Waals surface area (Å²) in [5.74, 6) is -0.286. The summed E-state index contributed by atoms with van der Waals surface area (Å²) >= 11 is 0. The van der Waals surface area contributed by atoms with Crippen molar-refractivity contribution in [3.63, 3.8) is 0 Å². The number of hydrogen-bond acceptors (Lipinski definition) is 4. The molecule has 1 aliphatic heterocycles. The second-order valence-electron chi connectivity index (χ2n) is 5.92. The zero-order chi connectivity index (χ0) is 17.6. The van der Waals surface area contributed by atoms with Crippen LogP contribution in [0.1, 0.15) is 17.0 Å². The summed E-state index contributed by atoms with van der Waals surface area (Å²) in [7, 11) is 0. The van der Waals surface area contributed by atoms with Gasteiger partial charge in [-0.1, -0.05) is 6.07 Å². The molecule has 1 N–H and O–H groups in total. The third-order valence-corrected chi connectivity index (χ3v) is 4.15. The number of amides is 2. The number of benzene rings is 1. The number of carbonyl (C=O) groups excluding carboxylic acids is 2. The molecule has 1 aromatic heterocycles. The maximum absolute atomic E-state index is 13.1. The summed E-state index contributed by atoms with van der Waals surface area (Å²) in [6.45, 7) is 3.22. The third-order valence-electron chi connectivity index (χ3n) is 4.15. The van der Waals surface area contributed by atoms with Crippen LogP contribution < -0.4 is 5.32 Å². The predicted molar refractivity (Wildman–Crippen MR) is 90.7 cm³/mol. The molecule has 3 rings (SSSR count). The van der Waals surface area contributed by atoms with E-state index in [2.05, 4.69) is 10.2 Å². The molecule has 0 radical (unpaired) electrons. The summed E-state index contributed by atoms with van der Waals surface area (Å²) in [5.41, 5.74) is 0.457. The van der Waals surface area contributed by atoms with Gasteiger partial charge in [0, 0.05) is 44.8 Å². The standard InChI is InChI=1S/C18H20FN3O3/c19-14-3-1-4-15(13-14)20-17(23)6-7-21-8-10-22(11-9-21)18(24)16-5-2-12-25-16/h1-5,12-13H,6-11H2,(H,20,23). The quantitative estimate of drug-likeness (QED) is 0.902. The minimum Gasteiger partial charge on any atom is -0.459 e. The van der Waals surface area contributed by atoms with Gasteiger partial charge < -0.3 is 14.6 Å². The summed E-state index contributed by atoms with van der Waals surface area (Å²) in [4.78, 5) is 28.0. The Morgan fingerprint density at radius 3 is 2.60 bits per heavy atom. The summed E-state index contributed by atoms with van der Waals surface area (Å²) in [5, 5.41) is 2.69. The Morgan fingerprint density at radius 2 is 1.92 bits per heavy atom. The van der Waals surface area contributed by atoms with Gasteiger partial charge in [-0.15, -0.1) is 0 Å². The van der Waals surface area contributed by atoms with E-state index in [4.69, 9.17) is 4.42 Å². The van der Waals surface area contributed by atoms with E-state index in [9.17, 15) is 14.0 Å². The van der Waals surface area contributed by atoms with Crippen LogP contribution in [0.3, 0.4) is 0 Å². The number of nitrogens with zero attached hydrogens (tertiary/aromatic N) is 2. The lowest BCUT2D eigenvalue weighted by molar-refractivity contribution is -0.116. The zero-order valence-corrected chi connectivity index (χ0v) is 13.8. The predicted octanol–water partition coefficient (Wildman–Crippen LogP) is 2.21. The van der Waals surface area contributed by atoms with Crippen molar-refractivity contribution in [2.45, 2.75) is 6.42 Å². The number of anilines is 1. The number of carbonyl (C=O) groups is 2.